The van der Waals surface area contributed by atoms with Gasteiger partial charge in [-0.1, -0.05) is 6.07 Å². The molecule has 2 aliphatic heterocycles. The lowest BCUT2D eigenvalue weighted by molar-refractivity contribution is -0.132. The maximum Gasteiger partial charge on any atom is 0.236 e. The van der Waals surface area contributed by atoms with Gasteiger partial charge in [-0.15, -0.1) is 0 Å². The molecule has 0 atom stereocenters. The Morgan fingerprint density at radius 3 is 2.11 bits per heavy atom. The fraction of sp³-hybridized carbons (Fsp3) is 0.474. The molecule has 2 aromatic heterocycles. The monoisotopic (exact) mass is 367 g/mol. The van der Waals surface area contributed by atoms with Crippen molar-refractivity contribution < 1.29 is 4.79 Å². The minimum atomic E-state index is 0.222. The first kappa shape index (κ1) is 17.7. The number of anilines is 2. The number of amides is 1. The Bertz CT molecular complexity index is 726. The summed E-state index contributed by atoms with van der Waals surface area (Å²) in [5, 5.41) is 0. The van der Waals surface area contributed by atoms with Gasteiger partial charge in [0.25, 0.3) is 0 Å². The summed E-state index contributed by atoms with van der Waals surface area (Å²) in [4.78, 5) is 34.3. The van der Waals surface area contributed by atoms with Crippen LogP contribution in [0.5, 0.6) is 0 Å². The van der Waals surface area contributed by atoms with Gasteiger partial charge in [-0.3, -0.25) is 9.69 Å². The van der Waals surface area contributed by atoms with E-state index in [9.17, 15) is 4.79 Å². The molecular formula is C19H25N7O. The standard InChI is InChI=1S/C19H25N7O/c27-18(25-14-12-24(13-15-25)17-4-1-2-5-20-17)16-23-8-10-26(11-9-23)19-21-6-3-7-22-19/h1-7H,8-16H2. The number of aromatic nitrogens is 3. The van der Waals surface area contributed by atoms with Crippen molar-refractivity contribution in [2.75, 3.05) is 68.7 Å². The number of hydrogen-bond donors (Lipinski definition) is 0. The van der Waals surface area contributed by atoms with E-state index < -0.39 is 0 Å². The van der Waals surface area contributed by atoms with Crippen LogP contribution in [0.15, 0.2) is 42.9 Å². The zero-order chi connectivity index (χ0) is 18.5. The molecule has 0 bridgehead atoms. The van der Waals surface area contributed by atoms with Crippen molar-refractivity contribution in [1.82, 2.24) is 24.8 Å². The highest BCUT2D eigenvalue weighted by atomic mass is 16.2. The predicted octanol–water partition coefficient (Wildman–Crippen LogP) is 0.342. The number of hydrogen-bond acceptors (Lipinski definition) is 7. The third kappa shape index (κ3) is 4.33. The van der Waals surface area contributed by atoms with E-state index in [4.69, 9.17) is 0 Å². The summed E-state index contributed by atoms with van der Waals surface area (Å²) in [6.45, 7) is 7.10. The molecule has 0 N–H and O–H groups in total. The number of nitrogens with zero attached hydrogens (tertiary/aromatic N) is 7. The molecule has 4 rings (SSSR count). The normalized spacial score (nSPS) is 18.6. The number of carbonyl (C=O) groups is 1. The van der Waals surface area contributed by atoms with Gasteiger partial charge in [-0.25, -0.2) is 15.0 Å². The second-order valence-electron chi connectivity index (χ2n) is 6.87. The van der Waals surface area contributed by atoms with Crippen molar-refractivity contribution in [3.8, 4) is 0 Å². The van der Waals surface area contributed by atoms with Crippen molar-refractivity contribution in [3.63, 3.8) is 0 Å². The van der Waals surface area contributed by atoms with Crippen LogP contribution in [-0.2, 0) is 4.79 Å². The van der Waals surface area contributed by atoms with E-state index in [0.29, 0.717) is 6.54 Å². The number of piperazine rings is 2. The molecule has 2 aliphatic rings. The maximum absolute atomic E-state index is 12.7. The molecule has 2 saturated heterocycles. The van der Waals surface area contributed by atoms with E-state index in [1.54, 1.807) is 12.4 Å². The zero-order valence-corrected chi connectivity index (χ0v) is 15.4. The third-order valence-corrected chi connectivity index (χ3v) is 5.17. The van der Waals surface area contributed by atoms with E-state index in [-0.39, 0.29) is 5.91 Å². The summed E-state index contributed by atoms with van der Waals surface area (Å²) in [6, 6.07) is 7.77. The van der Waals surface area contributed by atoms with Crippen molar-refractivity contribution in [2.45, 2.75) is 0 Å². The average Bonchev–Trinajstić information content (AvgIpc) is 2.76. The summed E-state index contributed by atoms with van der Waals surface area (Å²) in [7, 11) is 0. The highest BCUT2D eigenvalue weighted by molar-refractivity contribution is 5.78. The molecule has 0 unspecified atom stereocenters. The van der Waals surface area contributed by atoms with E-state index in [0.717, 1.165) is 64.1 Å². The first-order valence-electron chi connectivity index (χ1n) is 9.48. The van der Waals surface area contributed by atoms with E-state index >= 15 is 0 Å². The first-order valence-corrected chi connectivity index (χ1v) is 9.48. The van der Waals surface area contributed by atoms with Crippen LogP contribution in [0.25, 0.3) is 0 Å². The van der Waals surface area contributed by atoms with Gasteiger partial charge >= 0.3 is 0 Å². The summed E-state index contributed by atoms with van der Waals surface area (Å²) in [6.07, 6.45) is 5.35. The molecule has 4 heterocycles. The average molecular weight is 367 g/mol. The molecule has 0 aliphatic carbocycles. The van der Waals surface area contributed by atoms with Gasteiger partial charge in [0.15, 0.2) is 0 Å². The van der Waals surface area contributed by atoms with E-state index in [1.165, 1.54) is 0 Å². The minimum absolute atomic E-state index is 0.222. The Morgan fingerprint density at radius 2 is 1.44 bits per heavy atom. The van der Waals surface area contributed by atoms with Crippen LogP contribution in [0, 0.1) is 0 Å². The Kier molecular flexibility index (Phi) is 5.43. The van der Waals surface area contributed by atoms with Crippen LogP contribution in [-0.4, -0.2) is 89.6 Å². The molecule has 8 nitrogen and oxygen atoms in total. The van der Waals surface area contributed by atoms with Gasteiger partial charge in [-0.05, 0) is 18.2 Å². The molecule has 2 fully saturated rings. The topological polar surface area (TPSA) is 68.7 Å². The number of carbonyl (C=O) groups excluding carboxylic acids is 1. The van der Waals surface area contributed by atoms with Gasteiger partial charge in [0.1, 0.15) is 5.82 Å². The van der Waals surface area contributed by atoms with Gasteiger partial charge < -0.3 is 14.7 Å². The van der Waals surface area contributed by atoms with Gasteiger partial charge in [0.2, 0.25) is 11.9 Å². The number of pyridine rings is 1. The summed E-state index contributed by atoms with van der Waals surface area (Å²) < 4.78 is 0. The van der Waals surface area contributed by atoms with Gasteiger partial charge in [0.05, 0.1) is 6.54 Å². The van der Waals surface area contributed by atoms with Crippen LogP contribution >= 0.6 is 0 Å². The van der Waals surface area contributed by atoms with Crippen LogP contribution in [0.4, 0.5) is 11.8 Å². The van der Waals surface area contributed by atoms with Gasteiger partial charge in [-0.2, -0.15) is 0 Å². The minimum Gasteiger partial charge on any atom is -0.353 e. The molecule has 142 valence electrons. The second kappa shape index (κ2) is 8.30. The Hall–Kier alpha value is -2.74. The molecule has 0 saturated carbocycles. The molecule has 27 heavy (non-hydrogen) atoms. The van der Waals surface area contributed by atoms with Crippen LogP contribution in [0.2, 0.25) is 0 Å². The molecule has 0 spiro atoms. The van der Waals surface area contributed by atoms with Crippen LogP contribution in [0.1, 0.15) is 0 Å². The Morgan fingerprint density at radius 1 is 0.778 bits per heavy atom. The molecule has 8 heteroatoms. The zero-order valence-electron chi connectivity index (χ0n) is 15.4. The first-order chi connectivity index (χ1) is 13.3. The largest absolute Gasteiger partial charge is 0.353 e. The SMILES string of the molecule is O=C(CN1CCN(c2ncccn2)CC1)N1CCN(c2ccccn2)CC1. The fourth-order valence-corrected chi connectivity index (χ4v) is 3.58. The highest BCUT2D eigenvalue weighted by Crippen LogP contribution is 2.14. The molecule has 2 aromatic rings. The quantitative estimate of drug-likeness (QED) is 0.772. The smallest absolute Gasteiger partial charge is 0.236 e. The van der Waals surface area contributed by atoms with Crippen LogP contribution in [0.3, 0.4) is 0 Å². The Balaban J connectivity index is 1.22. The fourth-order valence-electron chi connectivity index (χ4n) is 3.58. The summed E-state index contributed by atoms with van der Waals surface area (Å²) in [5.41, 5.74) is 0. The Labute approximate surface area is 159 Å². The molecule has 0 aromatic carbocycles. The van der Waals surface area contributed by atoms with E-state index in [1.807, 2.05) is 35.4 Å². The lowest BCUT2D eigenvalue weighted by Gasteiger charge is -2.38. The predicted molar refractivity (Wildman–Crippen MR) is 104 cm³/mol. The number of rotatable bonds is 4. The van der Waals surface area contributed by atoms with Crippen molar-refractivity contribution in [2.24, 2.45) is 0 Å². The van der Waals surface area contributed by atoms with Crippen molar-refractivity contribution >= 4 is 17.7 Å². The van der Waals surface area contributed by atoms with Crippen molar-refractivity contribution in [1.29, 1.82) is 0 Å². The third-order valence-electron chi connectivity index (χ3n) is 5.17. The molecular weight excluding hydrogens is 342 g/mol. The summed E-state index contributed by atoms with van der Waals surface area (Å²) >= 11 is 0. The van der Waals surface area contributed by atoms with Crippen LogP contribution < -0.4 is 9.80 Å². The van der Waals surface area contributed by atoms with Gasteiger partial charge in [0, 0.05) is 70.9 Å². The lowest BCUT2D eigenvalue weighted by Crippen LogP contribution is -2.54. The second-order valence-corrected chi connectivity index (χ2v) is 6.87. The maximum atomic E-state index is 12.7. The highest BCUT2D eigenvalue weighted by Gasteiger charge is 2.25. The van der Waals surface area contributed by atoms with Crippen molar-refractivity contribution in [3.05, 3.63) is 42.9 Å². The molecule has 0 radical (unpaired) electrons. The molecule has 1 amide bonds. The van der Waals surface area contributed by atoms with E-state index in [2.05, 4.69) is 29.7 Å². The summed E-state index contributed by atoms with van der Waals surface area (Å²) in [5.74, 6) is 1.98. The lowest BCUT2D eigenvalue weighted by atomic mass is 10.2.